The van der Waals surface area contributed by atoms with Crippen molar-refractivity contribution in [3.05, 3.63) is 50.9 Å². The molecule has 72 valence electrons. The molecule has 0 radical (unpaired) electrons. The highest BCUT2D eigenvalue weighted by atomic mass is 16.1. The third kappa shape index (κ3) is 0.985. The molecule has 0 fully saturated rings. The Balaban J connectivity index is 2.84. The molecule has 0 unspecified atom stereocenters. The Kier molecular flexibility index (Phi) is 1.42. The van der Waals surface area contributed by atoms with Crippen LogP contribution in [0.3, 0.4) is 0 Å². The first-order valence-corrected chi connectivity index (χ1v) is 4.50. The second kappa shape index (κ2) is 2.63. The highest BCUT2D eigenvalue weighted by Crippen LogP contribution is 2.18. The summed E-state index contributed by atoms with van der Waals surface area (Å²) in [5.74, 6) is 0. The predicted octanol–water partition coefficient (Wildman–Crippen LogP) is 0.874. The van der Waals surface area contributed by atoms with E-state index >= 15 is 0 Å². The number of benzene rings is 2. The van der Waals surface area contributed by atoms with Crippen molar-refractivity contribution in [3.8, 4) is 0 Å². The van der Waals surface area contributed by atoms with Crippen molar-refractivity contribution in [2.45, 2.75) is 0 Å². The van der Waals surface area contributed by atoms with E-state index in [2.05, 4.69) is 10.2 Å². The third-order valence-electron chi connectivity index (χ3n) is 2.51. The molecule has 3 rings (SSSR count). The first-order valence-electron chi connectivity index (χ1n) is 4.50. The lowest BCUT2D eigenvalue weighted by molar-refractivity contribution is 1.08. The maximum Gasteiger partial charge on any atom is 0.206 e. The highest BCUT2D eigenvalue weighted by Gasteiger charge is 2.07. The SMILES string of the molecule is O=c1ccc2c[nH]nc3c(=O)ccc1c23. The Labute approximate surface area is 83.5 Å². The zero-order chi connectivity index (χ0) is 10.4. The van der Waals surface area contributed by atoms with Crippen molar-refractivity contribution in [1.82, 2.24) is 10.2 Å². The fourth-order valence-corrected chi connectivity index (χ4v) is 1.81. The second-order valence-corrected chi connectivity index (χ2v) is 3.37. The van der Waals surface area contributed by atoms with Crippen LogP contribution in [0, 0.1) is 0 Å². The lowest BCUT2D eigenvalue weighted by atomic mass is 10.1. The second-order valence-electron chi connectivity index (χ2n) is 3.37. The summed E-state index contributed by atoms with van der Waals surface area (Å²) in [7, 11) is 0. The molecule has 0 atom stereocenters. The average Bonchev–Trinajstić information content (AvgIpc) is 2.26. The van der Waals surface area contributed by atoms with E-state index in [1.54, 1.807) is 18.3 Å². The molecule has 1 heterocycles. The van der Waals surface area contributed by atoms with Crippen molar-refractivity contribution in [2.75, 3.05) is 0 Å². The maximum absolute atomic E-state index is 11.6. The minimum Gasteiger partial charge on any atom is -0.289 e. The van der Waals surface area contributed by atoms with E-state index in [4.69, 9.17) is 0 Å². The van der Waals surface area contributed by atoms with Gasteiger partial charge in [0.25, 0.3) is 0 Å². The molecule has 0 saturated heterocycles. The van der Waals surface area contributed by atoms with Crippen LogP contribution in [0.2, 0.25) is 0 Å². The van der Waals surface area contributed by atoms with Gasteiger partial charge in [0.05, 0.1) is 0 Å². The van der Waals surface area contributed by atoms with Crippen LogP contribution < -0.4 is 10.9 Å². The first-order chi connectivity index (χ1) is 7.27. The molecular formula is C11H6N2O2. The summed E-state index contributed by atoms with van der Waals surface area (Å²) in [6.45, 7) is 0. The van der Waals surface area contributed by atoms with Crippen LogP contribution in [0.4, 0.5) is 0 Å². The quantitative estimate of drug-likeness (QED) is 0.583. The van der Waals surface area contributed by atoms with Crippen molar-refractivity contribution in [3.63, 3.8) is 0 Å². The third-order valence-corrected chi connectivity index (χ3v) is 2.51. The Bertz CT molecular complexity index is 743. The minimum absolute atomic E-state index is 0.0829. The molecule has 0 aliphatic rings. The molecule has 1 N–H and O–H groups in total. The van der Waals surface area contributed by atoms with Crippen LogP contribution in [-0.4, -0.2) is 10.2 Å². The smallest absolute Gasteiger partial charge is 0.206 e. The van der Waals surface area contributed by atoms with E-state index in [0.29, 0.717) is 16.3 Å². The molecule has 3 aromatic rings. The van der Waals surface area contributed by atoms with Crippen molar-refractivity contribution >= 4 is 21.7 Å². The first kappa shape index (κ1) is 8.11. The van der Waals surface area contributed by atoms with Gasteiger partial charge in [-0.2, -0.15) is 5.10 Å². The van der Waals surface area contributed by atoms with Gasteiger partial charge in [-0.15, -0.1) is 0 Å². The lowest BCUT2D eigenvalue weighted by Crippen LogP contribution is -2.07. The van der Waals surface area contributed by atoms with Crippen LogP contribution in [-0.2, 0) is 0 Å². The van der Waals surface area contributed by atoms with E-state index in [-0.39, 0.29) is 10.9 Å². The summed E-state index contributed by atoms with van der Waals surface area (Å²) < 4.78 is 0. The summed E-state index contributed by atoms with van der Waals surface area (Å²) in [4.78, 5) is 23.1. The molecule has 0 saturated carbocycles. The Morgan fingerprint density at radius 1 is 1.00 bits per heavy atom. The van der Waals surface area contributed by atoms with Crippen LogP contribution in [0.1, 0.15) is 0 Å². The Morgan fingerprint density at radius 2 is 1.80 bits per heavy atom. The normalized spacial score (nSPS) is 11.2. The van der Waals surface area contributed by atoms with Gasteiger partial charge in [0.15, 0.2) is 5.43 Å². The van der Waals surface area contributed by atoms with E-state index in [0.717, 1.165) is 5.39 Å². The Morgan fingerprint density at radius 3 is 2.67 bits per heavy atom. The molecule has 0 aliphatic carbocycles. The number of nitrogens with one attached hydrogen (secondary N) is 1. The monoisotopic (exact) mass is 198 g/mol. The topological polar surface area (TPSA) is 62.8 Å². The molecule has 4 heteroatoms. The van der Waals surface area contributed by atoms with Gasteiger partial charge in [0, 0.05) is 22.4 Å². The summed E-state index contributed by atoms with van der Waals surface area (Å²) in [6.07, 6.45) is 1.67. The fraction of sp³-hybridized carbons (Fsp3) is 0. The van der Waals surface area contributed by atoms with Crippen molar-refractivity contribution in [2.24, 2.45) is 0 Å². The van der Waals surface area contributed by atoms with Crippen LogP contribution in [0.25, 0.3) is 21.7 Å². The maximum atomic E-state index is 11.6. The lowest BCUT2D eigenvalue weighted by Gasteiger charge is -2.01. The van der Waals surface area contributed by atoms with Crippen molar-refractivity contribution < 1.29 is 0 Å². The van der Waals surface area contributed by atoms with Gasteiger partial charge in [-0.05, 0) is 24.3 Å². The largest absolute Gasteiger partial charge is 0.289 e. The van der Waals surface area contributed by atoms with Crippen LogP contribution in [0.5, 0.6) is 0 Å². The molecule has 0 amide bonds. The van der Waals surface area contributed by atoms with Gasteiger partial charge in [-0.25, -0.2) is 0 Å². The van der Waals surface area contributed by atoms with Gasteiger partial charge in [-0.3, -0.25) is 14.7 Å². The van der Waals surface area contributed by atoms with E-state index in [1.807, 2.05) is 0 Å². The number of aromatic amines is 1. The molecule has 0 bridgehead atoms. The molecule has 0 aliphatic heterocycles. The molecule has 4 nitrogen and oxygen atoms in total. The highest BCUT2D eigenvalue weighted by molar-refractivity contribution is 6.07. The fourth-order valence-electron chi connectivity index (χ4n) is 1.81. The van der Waals surface area contributed by atoms with Gasteiger partial charge in [0.1, 0.15) is 5.52 Å². The summed E-state index contributed by atoms with van der Waals surface area (Å²) >= 11 is 0. The number of hydrogen-bond acceptors (Lipinski definition) is 3. The summed E-state index contributed by atoms with van der Waals surface area (Å²) in [5.41, 5.74) is 0.0677. The number of H-pyrrole nitrogens is 1. The zero-order valence-corrected chi connectivity index (χ0v) is 7.65. The number of nitrogens with zero attached hydrogens (tertiary/aromatic N) is 1. The Hall–Kier alpha value is -2.23. The zero-order valence-electron chi connectivity index (χ0n) is 7.65. The molecule has 1 aromatic heterocycles. The van der Waals surface area contributed by atoms with E-state index in [9.17, 15) is 9.59 Å². The molecular weight excluding hydrogens is 192 g/mol. The van der Waals surface area contributed by atoms with Crippen LogP contribution >= 0.6 is 0 Å². The summed E-state index contributed by atoms with van der Waals surface area (Å²) in [6, 6.07) is 6.12. The summed E-state index contributed by atoms with van der Waals surface area (Å²) in [5, 5.41) is 8.57. The standard InChI is InChI=1S/C11H6N2O2/c14-8-3-1-6-5-12-13-11-9(15)4-2-7(8)10(6)11/h1-5,12H. The van der Waals surface area contributed by atoms with Gasteiger partial charge in [0.2, 0.25) is 5.43 Å². The average molecular weight is 198 g/mol. The predicted molar refractivity (Wildman–Crippen MR) is 57.3 cm³/mol. The van der Waals surface area contributed by atoms with E-state index in [1.165, 1.54) is 12.1 Å². The van der Waals surface area contributed by atoms with Gasteiger partial charge >= 0.3 is 0 Å². The molecule has 2 aromatic carbocycles. The number of hydrogen-bond donors (Lipinski definition) is 1. The number of aromatic nitrogens is 2. The van der Waals surface area contributed by atoms with Crippen LogP contribution in [0.15, 0.2) is 40.1 Å². The van der Waals surface area contributed by atoms with Gasteiger partial charge < -0.3 is 0 Å². The van der Waals surface area contributed by atoms with Gasteiger partial charge in [-0.1, -0.05) is 0 Å². The number of rotatable bonds is 0. The molecule has 15 heavy (non-hydrogen) atoms. The van der Waals surface area contributed by atoms with Crippen molar-refractivity contribution in [1.29, 1.82) is 0 Å². The van der Waals surface area contributed by atoms with E-state index < -0.39 is 0 Å². The minimum atomic E-state index is -0.171. The molecule has 0 spiro atoms.